The second-order valence-electron chi connectivity index (χ2n) is 6.48. The van der Waals surface area contributed by atoms with Crippen molar-refractivity contribution in [3.63, 3.8) is 0 Å². The van der Waals surface area contributed by atoms with E-state index in [0.717, 1.165) is 12.8 Å². The molecule has 3 rings (SSSR count). The highest BCUT2D eigenvalue weighted by molar-refractivity contribution is 8.02. The van der Waals surface area contributed by atoms with Crippen LogP contribution in [0.4, 0.5) is 15.2 Å². The zero-order chi connectivity index (χ0) is 18.5. The van der Waals surface area contributed by atoms with Gasteiger partial charge >= 0.3 is 0 Å². The summed E-state index contributed by atoms with van der Waals surface area (Å²) in [5.41, 5.74) is 0.362. The summed E-state index contributed by atoms with van der Waals surface area (Å²) in [7, 11) is 1.90. The molecule has 1 heterocycles. The van der Waals surface area contributed by atoms with Crippen molar-refractivity contribution in [3.05, 3.63) is 30.1 Å². The third-order valence-corrected chi connectivity index (χ3v) is 6.63. The number of amides is 1. The van der Waals surface area contributed by atoms with Crippen molar-refractivity contribution in [3.8, 4) is 0 Å². The molecule has 1 aliphatic rings. The van der Waals surface area contributed by atoms with E-state index in [2.05, 4.69) is 15.5 Å². The van der Waals surface area contributed by atoms with Crippen LogP contribution >= 0.6 is 23.1 Å². The van der Waals surface area contributed by atoms with E-state index in [9.17, 15) is 9.18 Å². The maximum absolute atomic E-state index is 13.7. The van der Waals surface area contributed by atoms with Gasteiger partial charge < -0.3 is 10.2 Å². The largest absolute Gasteiger partial charge is 0.342 e. The number of aromatic nitrogens is 2. The molecule has 1 aromatic carbocycles. The first kappa shape index (κ1) is 19.1. The lowest BCUT2D eigenvalue weighted by Gasteiger charge is -2.32. The van der Waals surface area contributed by atoms with E-state index < -0.39 is 0 Å². The van der Waals surface area contributed by atoms with Crippen LogP contribution in [0.25, 0.3) is 0 Å². The summed E-state index contributed by atoms with van der Waals surface area (Å²) in [6.07, 6.45) is 5.85. The molecule has 1 atom stereocenters. The molecule has 26 heavy (non-hydrogen) atoms. The number of thioether (sulfide) groups is 1. The molecule has 1 aromatic heterocycles. The minimum absolute atomic E-state index is 0.126. The van der Waals surface area contributed by atoms with Gasteiger partial charge in [-0.3, -0.25) is 4.79 Å². The van der Waals surface area contributed by atoms with Crippen LogP contribution in [0.15, 0.2) is 28.6 Å². The Morgan fingerprint density at radius 3 is 2.77 bits per heavy atom. The number of carbonyl (C=O) groups is 1. The van der Waals surface area contributed by atoms with Crippen LogP contribution in [-0.2, 0) is 4.79 Å². The van der Waals surface area contributed by atoms with Gasteiger partial charge in [-0.15, -0.1) is 10.2 Å². The van der Waals surface area contributed by atoms with E-state index >= 15 is 0 Å². The first-order chi connectivity index (χ1) is 12.5. The first-order valence-electron chi connectivity index (χ1n) is 8.83. The molecule has 1 fully saturated rings. The van der Waals surface area contributed by atoms with Crippen molar-refractivity contribution in [2.45, 2.75) is 54.7 Å². The SMILES string of the molecule is CC(Sc1nnc(Nc2ccccc2F)s1)C(=O)N(C)C1CCCCC1. The fourth-order valence-electron chi connectivity index (χ4n) is 3.12. The fourth-order valence-corrected chi connectivity index (χ4v) is 5.13. The predicted octanol–water partition coefficient (Wildman–Crippen LogP) is 4.69. The topological polar surface area (TPSA) is 58.1 Å². The molecule has 1 aliphatic carbocycles. The number of carbonyl (C=O) groups excluding carboxylic acids is 1. The third-order valence-electron chi connectivity index (χ3n) is 4.62. The molecule has 0 aliphatic heterocycles. The van der Waals surface area contributed by atoms with Crippen LogP contribution in [-0.4, -0.2) is 39.3 Å². The van der Waals surface area contributed by atoms with Crippen LogP contribution in [0, 0.1) is 5.82 Å². The summed E-state index contributed by atoms with van der Waals surface area (Å²) in [5, 5.41) is 11.4. The van der Waals surface area contributed by atoms with E-state index in [1.54, 1.807) is 18.2 Å². The Hall–Kier alpha value is -1.67. The first-order valence-corrected chi connectivity index (χ1v) is 10.5. The van der Waals surface area contributed by atoms with E-state index in [4.69, 9.17) is 0 Å². The van der Waals surface area contributed by atoms with Crippen LogP contribution in [0.3, 0.4) is 0 Å². The van der Waals surface area contributed by atoms with Gasteiger partial charge in [0.25, 0.3) is 0 Å². The molecule has 1 amide bonds. The summed E-state index contributed by atoms with van der Waals surface area (Å²) in [6.45, 7) is 1.90. The lowest BCUT2D eigenvalue weighted by molar-refractivity contribution is -0.131. The van der Waals surface area contributed by atoms with Gasteiger partial charge in [0.2, 0.25) is 11.0 Å². The van der Waals surface area contributed by atoms with Crippen molar-refractivity contribution in [2.24, 2.45) is 0 Å². The van der Waals surface area contributed by atoms with Crippen LogP contribution in [0.5, 0.6) is 0 Å². The highest BCUT2D eigenvalue weighted by Gasteiger charge is 2.26. The number of hydrogen-bond donors (Lipinski definition) is 1. The number of halogens is 1. The van der Waals surface area contributed by atoms with Crippen LogP contribution in [0.2, 0.25) is 0 Å². The lowest BCUT2D eigenvalue weighted by atomic mass is 9.94. The Kier molecular flexibility index (Phi) is 6.48. The Balaban J connectivity index is 1.57. The minimum Gasteiger partial charge on any atom is -0.342 e. The monoisotopic (exact) mass is 394 g/mol. The van der Waals surface area contributed by atoms with Crippen molar-refractivity contribution in [2.75, 3.05) is 12.4 Å². The number of hydrogen-bond acceptors (Lipinski definition) is 6. The molecule has 1 unspecified atom stereocenters. The highest BCUT2D eigenvalue weighted by atomic mass is 32.2. The van der Waals surface area contributed by atoms with E-state index in [-0.39, 0.29) is 17.0 Å². The molecular formula is C18H23FN4OS2. The Bertz CT molecular complexity index is 748. The molecule has 140 valence electrons. The van der Waals surface area contributed by atoms with Crippen LogP contribution < -0.4 is 5.32 Å². The molecule has 0 spiro atoms. The maximum Gasteiger partial charge on any atom is 0.235 e. The quantitative estimate of drug-likeness (QED) is 0.720. The summed E-state index contributed by atoms with van der Waals surface area (Å²) in [4.78, 5) is 14.6. The fraction of sp³-hybridized carbons (Fsp3) is 0.500. The second-order valence-corrected chi connectivity index (χ2v) is 9.04. The molecular weight excluding hydrogens is 371 g/mol. The predicted molar refractivity (Wildman–Crippen MR) is 105 cm³/mol. The number of rotatable bonds is 6. The number of para-hydroxylation sites is 1. The van der Waals surface area contributed by atoms with Gasteiger partial charge in [-0.05, 0) is 31.9 Å². The maximum atomic E-state index is 13.7. The standard InChI is InChI=1S/C18H23FN4OS2/c1-12(16(24)23(2)13-8-4-3-5-9-13)25-18-22-21-17(26-18)20-15-11-7-6-10-14(15)19/h6-7,10-13H,3-5,8-9H2,1-2H3,(H,20,21). The third kappa shape index (κ3) is 4.73. The molecule has 0 saturated heterocycles. The molecule has 1 N–H and O–H groups in total. The van der Waals surface area contributed by atoms with E-state index in [0.29, 0.717) is 21.2 Å². The van der Waals surface area contributed by atoms with Gasteiger partial charge in [0.1, 0.15) is 5.82 Å². The van der Waals surface area contributed by atoms with Crippen molar-refractivity contribution in [1.82, 2.24) is 15.1 Å². The number of nitrogens with one attached hydrogen (secondary N) is 1. The Labute approximate surface area is 161 Å². The smallest absolute Gasteiger partial charge is 0.235 e. The molecule has 1 saturated carbocycles. The summed E-state index contributed by atoms with van der Waals surface area (Å²) < 4.78 is 14.4. The second kappa shape index (κ2) is 8.81. The van der Waals surface area contributed by atoms with Gasteiger partial charge in [0, 0.05) is 13.1 Å². The van der Waals surface area contributed by atoms with Gasteiger partial charge in [0.05, 0.1) is 10.9 Å². The van der Waals surface area contributed by atoms with Crippen LogP contribution in [0.1, 0.15) is 39.0 Å². The average Bonchev–Trinajstić information content (AvgIpc) is 3.10. The summed E-state index contributed by atoms with van der Waals surface area (Å²) in [5.74, 6) is -0.213. The number of benzene rings is 1. The number of nitrogens with zero attached hydrogens (tertiary/aromatic N) is 3. The van der Waals surface area contributed by atoms with Gasteiger partial charge in [0.15, 0.2) is 4.34 Å². The van der Waals surface area contributed by atoms with Crippen molar-refractivity contribution < 1.29 is 9.18 Å². The van der Waals surface area contributed by atoms with E-state index in [1.165, 1.54) is 48.4 Å². The van der Waals surface area contributed by atoms with Gasteiger partial charge in [-0.25, -0.2) is 4.39 Å². The Morgan fingerprint density at radius 1 is 1.31 bits per heavy atom. The lowest BCUT2D eigenvalue weighted by Crippen LogP contribution is -2.42. The number of anilines is 2. The average molecular weight is 395 g/mol. The van der Waals surface area contributed by atoms with E-state index in [1.807, 2.05) is 18.9 Å². The normalized spacial score (nSPS) is 16.3. The van der Waals surface area contributed by atoms with Gasteiger partial charge in [-0.2, -0.15) is 0 Å². The highest BCUT2D eigenvalue weighted by Crippen LogP contribution is 2.32. The molecule has 0 bridgehead atoms. The summed E-state index contributed by atoms with van der Waals surface area (Å²) >= 11 is 2.72. The van der Waals surface area contributed by atoms with Gasteiger partial charge in [-0.1, -0.05) is 54.5 Å². The van der Waals surface area contributed by atoms with Crippen molar-refractivity contribution in [1.29, 1.82) is 0 Å². The molecule has 2 aromatic rings. The molecule has 5 nitrogen and oxygen atoms in total. The zero-order valence-corrected chi connectivity index (χ0v) is 16.6. The minimum atomic E-state index is -0.338. The molecule has 0 radical (unpaired) electrons. The van der Waals surface area contributed by atoms with Crippen molar-refractivity contribution >= 4 is 39.8 Å². The molecule has 8 heteroatoms. The Morgan fingerprint density at radius 2 is 2.04 bits per heavy atom. The summed E-state index contributed by atoms with van der Waals surface area (Å²) in [6, 6.07) is 6.78. The zero-order valence-electron chi connectivity index (χ0n) is 14.9.